The van der Waals surface area contributed by atoms with Crippen LogP contribution >= 0.6 is 11.6 Å². The molecule has 2 amide bonds. The first-order valence-corrected chi connectivity index (χ1v) is 6.33. The Morgan fingerprint density at radius 3 is 2.50 bits per heavy atom. The number of carbonyl (C=O) groups excluding carboxylic acids is 2. The van der Waals surface area contributed by atoms with E-state index in [0.717, 1.165) is 5.56 Å². The summed E-state index contributed by atoms with van der Waals surface area (Å²) < 4.78 is 0. The van der Waals surface area contributed by atoms with Gasteiger partial charge in [0.1, 0.15) is 6.54 Å². The number of hydrogen-bond acceptors (Lipinski definition) is 2. The summed E-state index contributed by atoms with van der Waals surface area (Å²) in [4.78, 5) is 26.9. The number of piperazine rings is 1. The molecule has 0 atom stereocenters. The summed E-state index contributed by atoms with van der Waals surface area (Å²) in [5, 5.41) is 0. The first-order valence-electron chi connectivity index (χ1n) is 5.80. The van der Waals surface area contributed by atoms with Gasteiger partial charge in [0.15, 0.2) is 0 Å². The van der Waals surface area contributed by atoms with Gasteiger partial charge in [-0.3, -0.25) is 9.59 Å². The lowest BCUT2D eigenvalue weighted by Gasteiger charge is -2.32. The summed E-state index contributed by atoms with van der Waals surface area (Å²) in [6, 6.07) is 7.17. The molecule has 1 heterocycles. The van der Waals surface area contributed by atoms with Gasteiger partial charge < -0.3 is 9.80 Å². The summed E-state index contributed by atoms with van der Waals surface area (Å²) in [7, 11) is 1.75. The Bertz CT molecular complexity index is 459. The Kier molecular flexibility index (Phi) is 3.87. The quantitative estimate of drug-likeness (QED) is 0.758. The predicted octanol–water partition coefficient (Wildman–Crippen LogP) is 1.34. The molecule has 0 radical (unpaired) electrons. The fraction of sp³-hybridized carbons (Fsp3) is 0.385. The van der Waals surface area contributed by atoms with Crippen LogP contribution in [-0.2, 0) is 10.7 Å². The number of halogens is 1. The molecule has 5 heteroatoms. The maximum Gasteiger partial charge on any atom is 0.254 e. The van der Waals surface area contributed by atoms with Crippen molar-refractivity contribution >= 4 is 23.4 Å². The molecule has 1 aromatic carbocycles. The Hall–Kier alpha value is -1.55. The summed E-state index contributed by atoms with van der Waals surface area (Å²) in [6.45, 7) is 1.33. The number of rotatable bonds is 2. The standard InChI is InChI=1S/C13H15ClN2O2/c1-15-6-7-16(9-12(15)17)13(18)11-4-2-10(8-14)3-5-11/h2-5H,6-9H2,1H3. The van der Waals surface area contributed by atoms with Crippen LogP contribution in [0.3, 0.4) is 0 Å². The molecule has 1 aliphatic heterocycles. The van der Waals surface area contributed by atoms with Crippen LogP contribution in [0.4, 0.5) is 0 Å². The minimum atomic E-state index is -0.0995. The molecule has 0 aromatic heterocycles. The van der Waals surface area contributed by atoms with E-state index in [0.29, 0.717) is 24.5 Å². The van der Waals surface area contributed by atoms with Gasteiger partial charge in [-0.2, -0.15) is 0 Å². The third kappa shape index (κ3) is 2.64. The fourth-order valence-electron chi connectivity index (χ4n) is 1.85. The molecule has 0 bridgehead atoms. The first kappa shape index (κ1) is 12.9. The zero-order valence-electron chi connectivity index (χ0n) is 10.2. The third-order valence-electron chi connectivity index (χ3n) is 3.10. The highest BCUT2D eigenvalue weighted by Gasteiger charge is 2.25. The third-order valence-corrected chi connectivity index (χ3v) is 3.41. The van der Waals surface area contributed by atoms with Crippen LogP contribution in [0, 0.1) is 0 Å². The van der Waals surface area contributed by atoms with Crippen LogP contribution in [0.25, 0.3) is 0 Å². The molecule has 0 spiro atoms. The van der Waals surface area contributed by atoms with Gasteiger partial charge >= 0.3 is 0 Å². The maximum atomic E-state index is 12.2. The normalized spacial score (nSPS) is 16.0. The first-order chi connectivity index (χ1) is 8.61. The zero-order valence-corrected chi connectivity index (χ0v) is 11.0. The molecule has 0 aliphatic carbocycles. The maximum absolute atomic E-state index is 12.2. The van der Waals surface area contributed by atoms with Gasteiger partial charge in [-0.25, -0.2) is 0 Å². The molecule has 2 rings (SSSR count). The number of amides is 2. The van der Waals surface area contributed by atoms with Gasteiger partial charge in [-0.05, 0) is 17.7 Å². The Balaban J connectivity index is 2.08. The van der Waals surface area contributed by atoms with Crippen molar-refractivity contribution in [2.24, 2.45) is 0 Å². The summed E-state index contributed by atoms with van der Waals surface area (Å²) in [5.41, 5.74) is 1.57. The monoisotopic (exact) mass is 266 g/mol. The largest absolute Gasteiger partial charge is 0.342 e. The van der Waals surface area contributed by atoms with Gasteiger partial charge in [0.05, 0.1) is 0 Å². The highest BCUT2D eigenvalue weighted by Crippen LogP contribution is 2.11. The fourth-order valence-corrected chi connectivity index (χ4v) is 2.03. The van der Waals surface area contributed by atoms with Crippen LogP contribution in [0.2, 0.25) is 0 Å². The van der Waals surface area contributed by atoms with Crippen molar-refractivity contribution < 1.29 is 9.59 Å². The minimum Gasteiger partial charge on any atom is -0.342 e. The van der Waals surface area contributed by atoms with E-state index < -0.39 is 0 Å². The average Bonchev–Trinajstić information content (AvgIpc) is 2.41. The highest BCUT2D eigenvalue weighted by atomic mass is 35.5. The van der Waals surface area contributed by atoms with Crippen LogP contribution < -0.4 is 0 Å². The molecule has 0 unspecified atom stereocenters. The lowest BCUT2D eigenvalue weighted by atomic mass is 10.1. The van der Waals surface area contributed by atoms with E-state index in [2.05, 4.69) is 0 Å². The van der Waals surface area contributed by atoms with E-state index >= 15 is 0 Å². The Labute approximate surface area is 111 Å². The van der Waals surface area contributed by atoms with Crippen molar-refractivity contribution in [2.75, 3.05) is 26.7 Å². The second kappa shape index (κ2) is 5.40. The molecular weight excluding hydrogens is 252 g/mol. The Morgan fingerprint density at radius 2 is 1.94 bits per heavy atom. The summed E-state index contributed by atoms with van der Waals surface area (Å²) in [6.07, 6.45) is 0. The molecule has 4 nitrogen and oxygen atoms in total. The number of carbonyl (C=O) groups is 2. The van der Waals surface area contributed by atoms with Gasteiger partial charge in [0, 0.05) is 31.6 Å². The average molecular weight is 267 g/mol. The summed E-state index contributed by atoms with van der Waals surface area (Å²) >= 11 is 5.70. The van der Waals surface area contributed by atoms with E-state index in [9.17, 15) is 9.59 Å². The van der Waals surface area contributed by atoms with Gasteiger partial charge in [-0.15, -0.1) is 11.6 Å². The van der Waals surface area contributed by atoms with Gasteiger partial charge in [0.2, 0.25) is 5.91 Å². The van der Waals surface area contributed by atoms with Crippen molar-refractivity contribution in [3.8, 4) is 0 Å². The molecule has 96 valence electrons. The number of alkyl halides is 1. The lowest BCUT2D eigenvalue weighted by molar-refractivity contribution is -0.133. The van der Waals surface area contributed by atoms with E-state index in [4.69, 9.17) is 11.6 Å². The van der Waals surface area contributed by atoms with Crippen molar-refractivity contribution in [3.63, 3.8) is 0 Å². The van der Waals surface area contributed by atoms with Crippen LogP contribution in [0.5, 0.6) is 0 Å². The zero-order chi connectivity index (χ0) is 13.1. The van der Waals surface area contributed by atoms with Crippen molar-refractivity contribution in [3.05, 3.63) is 35.4 Å². The molecule has 0 N–H and O–H groups in total. The Morgan fingerprint density at radius 1 is 1.28 bits per heavy atom. The predicted molar refractivity (Wildman–Crippen MR) is 69.5 cm³/mol. The van der Waals surface area contributed by atoms with Crippen LogP contribution in [-0.4, -0.2) is 48.3 Å². The van der Waals surface area contributed by atoms with Crippen molar-refractivity contribution in [1.82, 2.24) is 9.80 Å². The molecule has 0 saturated carbocycles. The van der Waals surface area contributed by atoms with Crippen molar-refractivity contribution in [2.45, 2.75) is 5.88 Å². The number of hydrogen-bond donors (Lipinski definition) is 0. The lowest BCUT2D eigenvalue weighted by Crippen LogP contribution is -2.50. The number of likely N-dealkylation sites (N-methyl/N-ethyl adjacent to an activating group) is 1. The second-order valence-electron chi connectivity index (χ2n) is 4.37. The second-order valence-corrected chi connectivity index (χ2v) is 4.64. The topological polar surface area (TPSA) is 40.6 Å². The van der Waals surface area contributed by atoms with Gasteiger partial charge in [0.25, 0.3) is 5.91 Å². The van der Waals surface area contributed by atoms with Crippen LogP contribution in [0.1, 0.15) is 15.9 Å². The van der Waals surface area contributed by atoms with E-state index in [-0.39, 0.29) is 18.4 Å². The molecule has 1 saturated heterocycles. The minimum absolute atomic E-state index is 0.0213. The SMILES string of the molecule is CN1CCN(C(=O)c2ccc(CCl)cc2)CC1=O. The molecule has 1 fully saturated rings. The van der Waals surface area contributed by atoms with Crippen molar-refractivity contribution in [1.29, 1.82) is 0 Å². The molecule has 1 aromatic rings. The van der Waals surface area contributed by atoms with E-state index in [1.807, 2.05) is 12.1 Å². The molecule has 18 heavy (non-hydrogen) atoms. The molecular formula is C13H15ClN2O2. The highest BCUT2D eigenvalue weighted by molar-refractivity contribution is 6.17. The van der Waals surface area contributed by atoms with E-state index in [1.54, 1.807) is 29.0 Å². The van der Waals surface area contributed by atoms with Crippen LogP contribution in [0.15, 0.2) is 24.3 Å². The smallest absolute Gasteiger partial charge is 0.254 e. The van der Waals surface area contributed by atoms with E-state index in [1.165, 1.54) is 0 Å². The molecule has 1 aliphatic rings. The number of nitrogens with zero attached hydrogens (tertiary/aromatic N) is 2. The number of benzene rings is 1. The van der Waals surface area contributed by atoms with Gasteiger partial charge in [-0.1, -0.05) is 12.1 Å². The summed E-state index contributed by atoms with van der Waals surface area (Å²) in [5.74, 6) is 0.311.